The van der Waals surface area contributed by atoms with Gasteiger partial charge in [-0.15, -0.1) is 0 Å². The third-order valence-corrected chi connectivity index (χ3v) is 11.2. The largest absolute Gasteiger partial charge is 0.456 e. The Bertz CT molecular complexity index is 3070. The molecule has 0 atom stereocenters. The zero-order valence-electron chi connectivity index (χ0n) is 28.4. The minimum atomic E-state index is 0.911. The average molecular weight is 649 g/mol. The topological polar surface area (TPSA) is 13.1 Å². The summed E-state index contributed by atoms with van der Waals surface area (Å²) in [6.07, 6.45) is 0. The van der Waals surface area contributed by atoms with Gasteiger partial charge in [0.05, 0.1) is 0 Å². The highest BCUT2D eigenvalue weighted by Crippen LogP contribution is 2.53. The van der Waals surface area contributed by atoms with Crippen LogP contribution in [0.25, 0.3) is 109 Å². The lowest BCUT2D eigenvalue weighted by atomic mass is 9.86. The van der Waals surface area contributed by atoms with Crippen LogP contribution < -0.4 is 0 Å². The number of hydrogen-bond donors (Lipinski definition) is 0. The van der Waals surface area contributed by atoms with Gasteiger partial charge in [0.2, 0.25) is 0 Å². The Morgan fingerprint density at radius 1 is 0.314 bits per heavy atom. The summed E-state index contributed by atoms with van der Waals surface area (Å²) in [6, 6.07) is 57.9. The molecule has 0 saturated carbocycles. The standard InChI is InChI=1S/C50H32O/c1-29-12-11-13-30(2)43(29)34-20-22-35-33(28-34)21-26-41-46(35)38-23-24-39-47-40(25-27-42(51-41)48(38)47)50-45(32-16-7-4-8-17-32)37-19-10-9-18-36(37)44(49(39)50)31-14-5-3-6-15-31/h3-28H,1-2H3. The lowest BCUT2D eigenvalue weighted by molar-refractivity contribution is 0.662. The molecule has 0 radical (unpaired) electrons. The van der Waals surface area contributed by atoms with E-state index < -0.39 is 0 Å². The van der Waals surface area contributed by atoms with Gasteiger partial charge >= 0.3 is 0 Å². The number of aryl methyl sites for hydroxylation is 2. The molecule has 0 fully saturated rings. The smallest absolute Gasteiger partial charge is 0.135 e. The summed E-state index contributed by atoms with van der Waals surface area (Å²) in [6.45, 7) is 4.41. The Balaban J connectivity index is 1.32. The monoisotopic (exact) mass is 648 g/mol. The first-order valence-corrected chi connectivity index (χ1v) is 17.8. The van der Waals surface area contributed by atoms with Gasteiger partial charge in [-0.25, -0.2) is 0 Å². The highest BCUT2D eigenvalue weighted by molar-refractivity contribution is 6.43. The van der Waals surface area contributed by atoms with E-state index in [9.17, 15) is 0 Å². The van der Waals surface area contributed by atoms with Crippen LogP contribution in [0.15, 0.2) is 162 Å². The maximum atomic E-state index is 6.85. The predicted molar refractivity (Wildman–Crippen MR) is 218 cm³/mol. The molecule has 1 heteroatoms. The van der Waals surface area contributed by atoms with Crippen molar-refractivity contribution in [2.75, 3.05) is 0 Å². The summed E-state index contributed by atoms with van der Waals surface area (Å²) < 4.78 is 6.85. The van der Waals surface area contributed by atoms with Crippen LogP contribution in [-0.4, -0.2) is 0 Å². The molecule has 0 unspecified atom stereocenters. The van der Waals surface area contributed by atoms with Gasteiger partial charge in [-0.05, 0) is 131 Å². The van der Waals surface area contributed by atoms with Gasteiger partial charge in [-0.1, -0.05) is 133 Å². The van der Waals surface area contributed by atoms with Crippen LogP contribution in [0.1, 0.15) is 11.1 Å². The molecule has 51 heavy (non-hydrogen) atoms. The first-order valence-electron chi connectivity index (χ1n) is 17.8. The summed E-state index contributed by atoms with van der Waals surface area (Å²) >= 11 is 0. The highest BCUT2D eigenvalue weighted by Gasteiger charge is 2.25. The zero-order chi connectivity index (χ0) is 33.8. The van der Waals surface area contributed by atoms with E-state index in [2.05, 4.69) is 172 Å². The van der Waals surface area contributed by atoms with E-state index in [0.29, 0.717) is 0 Å². The Morgan fingerprint density at radius 2 is 0.824 bits per heavy atom. The van der Waals surface area contributed by atoms with Crippen LogP contribution in [0.2, 0.25) is 0 Å². The minimum absolute atomic E-state index is 0.911. The second-order valence-electron chi connectivity index (χ2n) is 14.0. The zero-order valence-corrected chi connectivity index (χ0v) is 28.4. The summed E-state index contributed by atoms with van der Waals surface area (Å²) in [5.41, 5.74) is 12.0. The van der Waals surface area contributed by atoms with Crippen LogP contribution in [0.4, 0.5) is 0 Å². The second kappa shape index (κ2) is 10.5. The molecule has 1 aromatic heterocycles. The van der Waals surface area contributed by atoms with Gasteiger partial charge in [-0.2, -0.15) is 0 Å². The minimum Gasteiger partial charge on any atom is -0.456 e. The van der Waals surface area contributed by atoms with Crippen molar-refractivity contribution in [1.29, 1.82) is 0 Å². The van der Waals surface area contributed by atoms with E-state index in [4.69, 9.17) is 4.42 Å². The summed E-state index contributed by atoms with van der Waals surface area (Å²) in [5.74, 6) is 0. The first-order chi connectivity index (χ1) is 25.2. The molecule has 1 heterocycles. The van der Waals surface area contributed by atoms with Crippen molar-refractivity contribution in [2.45, 2.75) is 13.8 Å². The van der Waals surface area contributed by atoms with Crippen LogP contribution in [-0.2, 0) is 0 Å². The molecule has 0 N–H and O–H groups in total. The van der Waals surface area contributed by atoms with E-state index in [-0.39, 0.29) is 0 Å². The predicted octanol–water partition coefficient (Wildman–Crippen LogP) is 14.4. The van der Waals surface area contributed by atoms with Crippen LogP contribution in [0.5, 0.6) is 0 Å². The molecule has 10 aromatic carbocycles. The fraction of sp³-hybridized carbons (Fsp3) is 0.0400. The fourth-order valence-electron chi connectivity index (χ4n) is 9.18. The van der Waals surface area contributed by atoms with Crippen molar-refractivity contribution in [1.82, 2.24) is 0 Å². The molecule has 11 aromatic rings. The van der Waals surface area contributed by atoms with Crippen molar-refractivity contribution in [2.24, 2.45) is 0 Å². The molecule has 0 bridgehead atoms. The second-order valence-corrected chi connectivity index (χ2v) is 14.0. The summed E-state index contributed by atoms with van der Waals surface area (Å²) in [5, 5.41) is 15.0. The van der Waals surface area contributed by atoms with Crippen LogP contribution >= 0.6 is 0 Å². The van der Waals surface area contributed by atoms with Crippen molar-refractivity contribution < 1.29 is 4.42 Å². The Morgan fingerprint density at radius 3 is 1.45 bits per heavy atom. The van der Waals surface area contributed by atoms with E-state index in [1.54, 1.807) is 0 Å². The summed E-state index contributed by atoms with van der Waals surface area (Å²) in [4.78, 5) is 0. The molecule has 1 nitrogen and oxygen atoms in total. The van der Waals surface area contributed by atoms with Gasteiger partial charge in [0.25, 0.3) is 0 Å². The number of fused-ring (bicyclic) bond motifs is 8. The SMILES string of the molecule is Cc1cccc(C)c1-c1ccc2c(ccc3oc4ccc5c6c(-c7ccccc7)c7ccccc7c(-c7ccccc7)c6c6ccc(c32)c4c56)c1. The molecule has 0 amide bonds. The van der Waals surface area contributed by atoms with Crippen molar-refractivity contribution >= 4 is 75.8 Å². The normalized spacial score (nSPS) is 12.1. The maximum absolute atomic E-state index is 6.85. The van der Waals surface area contributed by atoms with Gasteiger partial charge in [0.15, 0.2) is 0 Å². The molecule has 238 valence electrons. The number of hydrogen-bond acceptors (Lipinski definition) is 1. The average Bonchev–Trinajstić information content (AvgIpc) is 3.50. The van der Waals surface area contributed by atoms with Crippen LogP contribution in [0.3, 0.4) is 0 Å². The molecule has 0 aliphatic rings. The van der Waals surface area contributed by atoms with E-state index in [0.717, 1.165) is 11.2 Å². The molecular formula is C50H32O. The molecule has 0 aliphatic carbocycles. The third-order valence-electron chi connectivity index (χ3n) is 11.2. The van der Waals surface area contributed by atoms with Crippen LogP contribution in [0, 0.1) is 13.8 Å². The molecular weight excluding hydrogens is 617 g/mol. The quantitative estimate of drug-likeness (QED) is 0.137. The molecule has 0 saturated heterocycles. The maximum Gasteiger partial charge on any atom is 0.135 e. The summed E-state index contributed by atoms with van der Waals surface area (Å²) in [7, 11) is 0. The Kier molecular flexibility index (Phi) is 5.86. The molecule has 0 aliphatic heterocycles. The van der Waals surface area contributed by atoms with E-state index in [1.165, 1.54) is 109 Å². The first kappa shape index (κ1) is 28.4. The Labute approximate surface area is 295 Å². The fourth-order valence-corrected chi connectivity index (χ4v) is 9.18. The van der Waals surface area contributed by atoms with Crippen molar-refractivity contribution in [3.8, 4) is 33.4 Å². The van der Waals surface area contributed by atoms with Gasteiger partial charge in [0.1, 0.15) is 11.2 Å². The lowest BCUT2D eigenvalue weighted by Gasteiger charge is -2.16. The highest BCUT2D eigenvalue weighted by atomic mass is 16.3. The molecule has 0 spiro atoms. The van der Waals surface area contributed by atoms with E-state index >= 15 is 0 Å². The van der Waals surface area contributed by atoms with Gasteiger partial charge in [-0.3, -0.25) is 0 Å². The third kappa shape index (κ3) is 3.92. The van der Waals surface area contributed by atoms with E-state index in [1.807, 2.05) is 0 Å². The number of benzene rings is 9. The lowest BCUT2D eigenvalue weighted by Crippen LogP contribution is -1.89. The number of rotatable bonds is 3. The van der Waals surface area contributed by atoms with Gasteiger partial charge < -0.3 is 4.42 Å². The van der Waals surface area contributed by atoms with Crippen molar-refractivity contribution in [3.05, 3.63) is 169 Å². The molecule has 11 rings (SSSR count). The van der Waals surface area contributed by atoms with Gasteiger partial charge in [0, 0.05) is 16.2 Å². The van der Waals surface area contributed by atoms with Crippen molar-refractivity contribution in [3.63, 3.8) is 0 Å². The Hall–Kier alpha value is -6.44.